The van der Waals surface area contributed by atoms with Gasteiger partial charge in [0.2, 0.25) is 5.91 Å². The third kappa shape index (κ3) is 3.71. The zero-order valence-electron chi connectivity index (χ0n) is 12.9. The van der Waals surface area contributed by atoms with Gasteiger partial charge in [-0.05, 0) is 37.3 Å². The predicted octanol–water partition coefficient (Wildman–Crippen LogP) is 3.69. The minimum Gasteiger partial charge on any atom is -0.486 e. The number of anilines is 2. The molecule has 5 nitrogen and oxygen atoms in total. The Bertz CT molecular complexity index is 769. The molecule has 1 unspecified atom stereocenters. The highest BCUT2D eigenvalue weighted by molar-refractivity contribution is 6.30. The average Bonchev–Trinajstić information content (AvgIpc) is 2.57. The second-order valence-corrected chi connectivity index (χ2v) is 5.77. The number of amides is 1. The largest absolute Gasteiger partial charge is 0.486 e. The normalized spacial score (nSPS) is 14.0. The van der Waals surface area contributed by atoms with Gasteiger partial charge in [0.15, 0.2) is 11.5 Å². The summed E-state index contributed by atoms with van der Waals surface area (Å²) in [6, 6.07) is 8.84. The van der Waals surface area contributed by atoms with Crippen LogP contribution < -0.4 is 20.1 Å². The first-order valence-electron chi connectivity index (χ1n) is 7.45. The van der Waals surface area contributed by atoms with Crippen molar-refractivity contribution in [1.29, 1.82) is 0 Å². The first-order chi connectivity index (χ1) is 11.5. The maximum Gasteiger partial charge on any atom is 0.246 e. The molecule has 1 aliphatic rings. The molecule has 24 heavy (non-hydrogen) atoms. The lowest BCUT2D eigenvalue weighted by Crippen LogP contribution is -2.32. The van der Waals surface area contributed by atoms with E-state index in [2.05, 4.69) is 10.6 Å². The van der Waals surface area contributed by atoms with E-state index < -0.39 is 11.9 Å². The van der Waals surface area contributed by atoms with Gasteiger partial charge in [-0.2, -0.15) is 0 Å². The van der Waals surface area contributed by atoms with Gasteiger partial charge in [0.1, 0.15) is 25.1 Å². The molecule has 2 aromatic carbocycles. The number of ether oxygens (including phenoxy) is 2. The summed E-state index contributed by atoms with van der Waals surface area (Å²) in [5, 5.41) is 5.85. The maximum absolute atomic E-state index is 13.7. The van der Waals surface area contributed by atoms with Gasteiger partial charge in [0, 0.05) is 16.8 Å². The summed E-state index contributed by atoms with van der Waals surface area (Å²) in [5.74, 6) is 0.350. The second kappa shape index (κ2) is 6.97. The van der Waals surface area contributed by atoms with Crippen LogP contribution in [0.15, 0.2) is 36.4 Å². The number of carbonyl (C=O) groups is 1. The molecule has 126 valence electrons. The van der Waals surface area contributed by atoms with Gasteiger partial charge in [-0.25, -0.2) is 4.39 Å². The molecule has 7 heteroatoms. The zero-order valence-corrected chi connectivity index (χ0v) is 13.7. The molecule has 1 aliphatic heterocycles. The summed E-state index contributed by atoms with van der Waals surface area (Å²) in [6.07, 6.45) is 0. The summed E-state index contributed by atoms with van der Waals surface area (Å²) >= 11 is 5.69. The van der Waals surface area contributed by atoms with Gasteiger partial charge in [-0.15, -0.1) is 0 Å². The van der Waals surface area contributed by atoms with Gasteiger partial charge in [0.25, 0.3) is 0 Å². The van der Waals surface area contributed by atoms with Crippen LogP contribution in [0.3, 0.4) is 0 Å². The van der Waals surface area contributed by atoms with E-state index in [1.165, 1.54) is 12.1 Å². The molecule has 1 amide bonds. The van der Waals surface area contributed by atoms with Gasteiger partial charge in [-0.1, -0.05) is 11.6 Å². The van der Waals surface area contributed by atoms with Crippen molar-refractivity contribution >= 4 is 28.9 Å². The Kier molecular flexibility index (Phi) is 4.76. The molecule has 0 aromatic heterocycles. The third-order valence-electron chi connectivity index (χ3n) is 3.51. The standard InChI is InChI=1S/C17H16ClFN2O3/c1-10(17(22)21-14-4-2-11(18)8-13(14)19)20-12-3-5-15-16(9-12)24-7-6-23-15/h2-5,8-10,20H,6-7H2,1H3,(H,21,22). The van der Waals surface area contributed by atoms with Gasteiger partial charge in [0.05, 0.1) is 5.69 Å². The SMILES string of the molecule is CC(Nc1ccc2c(c1)OCCO2)C(=O)Nc1ccc(Cl)cc1F. The summed E-state index contributed by atoms with van der Waals surface area (Å²) in [6.45, 7) is 2.69. The van der Waals surface area contributed by atoms with Crippen LogP contribution in [0.2, 0.25) is 5.02 Å². The summed E-state index contributed by atoms with van der Waals surface area (Å²) in [4.78, 5) is 12.2. The number of hydrogen-bond donors (Lipinski definition) is 2. The molecular formula is C17H16ClFN2O3. The lowest BCUT2D eigenvalue weighted by atomic mass is 10.2. The van der Waals surface area contributed by atoms with Crippen LogP contribution in [0, 0.1) is 5.82 Å². The zero-order chi connectivity index (χ0) is 17.1. The van der Waals surface area contributed by atoms with Crippen LogP contribution in [0.25, 0.3) is 0 Å². The number of hydrogen-bond acceptors (Lipinski definition) is 4. The quantitative estimate of drug-likeness (QED) is 0.883. The Labute approximate surface area is 143 Å². The van der Waals surface area contributed by atoms with Gasteiger partial charge in [-0.3, -0.25) is 4.79 Å². The smallest absolute Gasteiger partial charge is 0.246 e. The summed E-state index contributed by atoms with van der Waals surface area (Å²) in [5.41, 5.74) is 0.790. The van der Waals surface area contributed by atoms with E-state index in [1.807, 2.05) is 0 Å². The molecule has 0 saturated heterocycles. The van der Waals surface area contributed by atoms with E-state index in [4.69, 9.17) is 21.1 Å². The number of rotatable bonds is 4. The molecule has 3 rings (SSSR count). The lowest BCUT2D eigenvalue weighted by molar-refractivity contribution is -0.116. The molecule has 0 aliphatic carbocycles. The van der Waals surface area contributed by atoms with Crippen molar-refractivity contribution in [2.75, 3.05) is 23.8 Å². The Balaban J connectivity index is 1.65. The Morgan fingerprint density at radius 2 is 1.92 bits per heavy atom. The van der Waals surface area contributed by atoms with Gasteiger partial charge >= 0.3 is 0 Å². The topological polar surface area (TPSA) is 59.6 Å². The molecule has 1 heterocycles. The molecule has 0 spiro atoms. The summed E-state index contributed by atoms with van der Waals surface area (Å²) < 4.78 is 24.7. The second-order valence-electron chi connectivity index (χ2n) is 5.34. The monoisotopic (exact) mass is 350 g/mol. The van der Waals surface area contributed by atoms with Gasteiger partial charge < -0.3 is 20.1 Å². The van der Waals surface area contributed by atoms with E-state index >= 15 is 0 Å². The molecule has 0 saturated carbocycles. The van der Waals surface area contributed by atoms with E-state index in [1.54, 1.807) is 25.1 Å². The third-order valence-corrected chi connectivity index (χ3v) is 3.74. The Morgan fingerprint density at radius 1 is 1.17 bits per heavy atom. The molecule has 0 radical (unpaired) electrons. The van der Waals surface area contributed by atoms with E-state index in [0.717, 1.165) is 6.07 Å². The van der Waals surface area contributed by atoms with E-state index in [0.29, 0.717) is 30.4 Å². The lowest BCUT2D eigenvalue weighted by Gasteiger charge is -2.20. The number of nitrogens with one attached hydrogen (secondary N) is 2. The first-order valence-corrected chi connectivity index (χ1v) is 7.83. The van der Waals surface area contributed by atoms with E-state index in [-0.39, 0.29) is 16.6 Å². The van der Waals surface area contributed by atoms with Crippen molar-refractivity contribution in [3.8, 4) is 11.5 Å². The number of halogens is 2. The fourth-order valence-corrected chi connectivity index (χ4v) is 2.44. The first kappa shape index (κ1) is 16.4. The predicted molar refractivity (Wildman–Crippen MR) is 90.6 cm³/mol. The van der Waals surface area contributed by atoms with Crippen LogP contribution in [-0.4, -0.2) is 25.2 Å². The van der Waals surface area contributed by atoms with Crippen molar-refractivity contribution in [3.63, 3.8) is 0 Å². The van der Waals surface area contributed by atoms with Crippen LogP contribution in [0.5, 0.6) is 11.5 Å². The summed E-state index contributed by atoms with van der Waals surface area (Å²) in [7, 11) is 0. The van der Waals surface area contributed by atoms with Crippen molar-refractivity contribution in [3.05, 3.63) is 47.2 Å². The minimum absolute atomic E-state index is 0.0835. The van der Waals surface area contributed by atoms with Crippen LogP contribution in [-0.2, 0) is 4.79 Å². The number of benzene rings is 2. The fraction of sp³-hybridized carbons (Fsp3) is 0.235. The molecule has 2 aromatic rings. The molecule has 1 atom stereocenters. The maximum atomic E-state index is 13.7. The molecular weight excluding hydrogens is 335 g/mol. The molecule has 2 N–H and O–H groups in total. The molecule has 0 fully saturated rings. The van der Waals surface area contributed by atoms with Crippen molar-refractivity contribution in [1.82, 2.24) is 0 Å². The van der Waals surface area contributed by atoms with Crippen LogP contribution in [0.1, 0.15) is 6.92 Å². The fourth-order valence-electron chi connectivity index (χ4n) is 2.28. The molecule has 0 bridgehead atoms. The Morgan fingerprint density at radius 3 is 2.67 bits per heavy atom. The average molecular weight is 351 g/mol. The van der Waals surface area contributed by atoms with Crippen molar-refractivity contribution in [2.45, 2.75) is 13.0 Å². The van der Waals surface area contributed by atoms with Crippen molar-refractivity contribution in [2.24, 2.45) is 0 Å². The number of carbonyl (C=O) groups excluding carboxylic acids is 1. The highest BCUT2D eigenvalue weighted by Gasteiger charge is 2.17. The Hall–Kier alpha value is -2.47. The minimum atomic E-state index is -0.581. The highest BCUT2D eigenvalue weighted by atomic mass is 35.5. The number of fused-ring (bicyclic) bond motifs is 1. The van der Waals surface area contributed by atoms with Crippen LogP contribution in [0.4, 0.5) is 15.8 Å². The van der Waals surface area contributed by atoms with E-state index in [9.17, 15) is 9.18 Å². The van der Waals surface area contributed by atoms with Crippen molar-refractivity contribution < 1.29 is 18.7 Å². The van der Waals surface area contributed by atoms with Crippen LogP contribution >= 0.6 is 11.6 Å². The highest BCUT2D eigenvalue weighted by Crippen LogP contribution is 2.32.